The lowest BCUT2D eigenvalue weighted by molar-refractivity contribution is 0.104. The van der Waals surface area contributed by atoms with Gasteiger partial charge in [-0.15, -0.1) is 0 Å². The van der Waals surface area contributed by atoms with Crippen molar-refractivity contribution < 1.29 is 19.3 Å². The molecule has 0 aliphatic heterocycles. The van der Waals surface area contributed by atoms with Crippen molar-refractivity contribution in [1.29, 1.82) is 0 Å². The first-order valence-corrected chi connectivity index (χ1v) is 9.42. The van der Waals surface area contributed by atoms with Gasteiger partial charge in [-0.1, -0.05) is 12.1 Å². The predicted octanol–water partition coefficient (Wildman–Crippen LogP) is 3.25. The number of fused-ring (bicyclic) bond motifs is 1. The SMILES string of the molecule is CC(Oc1ccc2ccn(CCNC(C)(CO)CO)c2c1)c1cccc(F)c1. The van der Waals surface area contributed by atoms with E-state index in [2.05, 4.69) is 9.88 Å². The molecule has 0 radical (unpaired) electrons. The molecular formula is C22H27FN2O3. The topological polar surface area (TPSA) is 66.7 Å². The van der Waals surface area contributed by atoms with Crippen LogP contribution < -0.4 is 10.1 Å². The van der Waals surface area contributed by atoms with E-state index in [4.69, 9.17) is 4.74 Å². The molecule has 1 heterocycles. The maximum atomic E-state index is 13.4. The fourth-order valence-corrected chi connectivity index (χ4v) is 3.10. The molecule has 2 aromatic carbocycles. The number of nitrogens with one attached hydrogen (secondary N) is 1. The van der Waals surface area contributed by atoms with Crippen molar-refractivity contribution in [2.24, 2.45) is 0 Å². The minimum Gasteiger partial charge on any atom is -0.486 e. The molecule has 5 nitrogen and oxygen atoms in total. The van der Waals surface area contributed by atoms with Crippen LogP contribution in [0.5, 0.6) is 5.75 Å². The van der Waals surface area contributed by atoms with Crippen molar-refractivity contribution in [2.45, 2.75) is 32.0 Å². The fourth-order valence-electron chi connectivity index (χ4n) is 3.10. The summed E-state index contributed by atoms with van der Waals surface area (Å²) in [6, 6.07) is 14.3. The monoisotopic (exact) mass is 386 g/mol. The highest BCUT2D eigenvalue weighted by atomic mass is 19.1. The normalized spacial score (nSPS) is 13.0. The van der Waals surface area contributed by atoms with Gasteiger partial charge in [-0.25, -0.2) is 4.39 Å². The third kappa shape index (κ3) is 4.70. The maximum absolute atomic E-state index is 13.4. The number of ether oxygens (including phenoxy) is 1. The number of nitrogens with zero attached hydrogens (tertiary/aromatic N) is 1. The second-order valence-corrected chi connectivity index (χ2v) is 7.35. The van der Waals surface area contributed by atoms with Crippen molar-refractivity contribution in [3.8, 4) is 5.75 Å². The van der Waals surface area contributed by atoms with Gasteiger partial charge < -0.3 is 24.8 Å². The first-order chi connectivity index (χ1) is 13.4. The van der Waals surface area contributed by atoms with E-state index < -0.39 is 5.54 Å². The molecular weight excluding hydrogens is 359 g/mol. The summed E-state index contributed by atoms with van der Waals surface area (Å²) in [6.07, 6.45) is 1.73. The second kappa shape index (κ2) is 8.73. The van der Waals surface area contributed by atoms with Gasteiger partial charge in [-0.05, 0) is 55.1 Å². The van der Waals surface area contributed by atoms with Crippen LogP contribution in [-0.2, 0) is 6.54 Å². The lowest BCUT2D eigenvalue weighted by Crippen LogP contribution is -2.49. The standard InChI is InChI=1S/C22H27FN2O3/c1-16(18-4-3-5-19(23)12-18)28-20-7-6-17-8-10-25(21(17)13-20)11-9-24-22(2,14-26)15-27/h3-8,10,12-13,16,24,26-27H,9,11,14-15H2,1-2H3. The van der Waals surface area contributed by atoms with Crippen LogP contribution >= 0.6 is 0 Å². The summed E-state index contributed by atoms with van der Waals surface area (Å²) in [7, 11) is 0. The van der Waals surface area contributed by atoms with Gasteiger partial charge in [0, 0.05) is 25.4 Å². The van der Waals surface area contributed by atoms with E-state index in [1.807, 2.05) is 43.5 Å². The average Bonchev–Trinajstić information content (AvgIpc) is 3.10. The highest BCUT2D eigenvalue weighted by molar-refractivity contribution is 5.81. The Balaban J connectivity index is 1.71. The van der Waals surface area contributed by atoms with Crippen LogP contribution in [0.4, 0.5) is 4.39 Å². The summed E-state index contributed by atoms with van der Waals surface area (Å²) >= 11 is 0. The van der Waals surface area contributed by atoms with Crippen LogP contribution in [0.1, 0.15) is 25.5 Å². The number of aliphatic hydroxyl groups excluding tert-OH is 2. The molecule has 3 rings (SSSR count). The molecule has 1 unspecified atom stereocenters. The van der Waals surface area contributed by atoms with Gasteiger partial charge in [0.1, 0.15) is 17.7 Å². The molecule has 3 N–H and O–H groups in total. The fraction of sp³-hybridized carbons (Fsp3) is 0.364. The molecule has 1 aromatic heterocycles. The number of hydrogen-bond donors (Lipinski definition) is 3. The Hall–Kier alpha value is -2.41. The van der Waals surface area contributed by atoms with Crippen molar-refractivity contribution in [3.63, 3.8) is 0 Å². The van der Waals surface area contributed by atoms with Gasteiger partial charge in [0.15, 0.2) is 0 Å². The van der Waals surface area contributed by atoms with Gasteiger partial charge in [-0.3, -0.25) is 0 Å². The van der Waals surface area contributed by atoms with Crippen LogP contribution in [0.25, 0.3) is 10.9 Å². The maximum Gasteiger partial charge on any atom is 0.123 e. The molecule has 28 heavy (non-hydrogen) atoms. The lowest BCUT2D eigenvalue weighted by Gasteiger charge is -2.26. The van der Waals surface area contributed by atoms with Crippen LogP contribution in [0.2, 0.25) is 0 Å². The van der Waals surface area contributed by atoms with E-state index >= 15 is 0 Å². The molecule has 0 fully saturated rings. The van der Waals surface area contributed by atoms with Gasteiger partial charge in [0.25, 0.3) is 0 Å². The zero-order valence-corrected chi connectivity index (χ0v) is 16.2. The van der Waals surface area contributed by atoms with Gasteiger partial charge in [-0.2, -0.15) is 0 Å². The quantitative estimate of drug-likeness (QED) is 0.528. The number of hydrogen-bond acceptors (Lipinski definition) is 4. The van der Waals surface area contributed by atoms with E-state index in [1.165, 1.54) is 12.1 Å². The molecule has 0 saturated carbocycles. The number of benzene rings is 2. The Bertz CT molecular complexity index is 921. The van der Waals surface area contributed by atoms with Gasteiger partial charge >= 0.3 is 0 Å². The summed E-state index contributed by atoms with van der Waals surface area (Å²) in [5, 5.41) is 23.0. The Morgan fingerprint density at radius 2 is 1.93 bits per heavy atom. The number of aromatic nitrogens is 1. The predicted molar refractivity (Wildman–Crippen MR) is 108 cm³/mol. The molecule has 1 atom stereocenters. The minimum atomic E-state index is -0.697. The summed E-state index contributed by atoms with van der Waals surface area (Å²) in [5.74, 6) is 0.440. The highest BCUT2D eigenvalue weighted by Crippen LogP contribution is 2.26. The summed E-state index contributed by atoms with van der Waals surface area (Å²) in [6.45, 7) is 4.69. The Morgan fingerprint density at radius 3 is 2.64 bits per heavy atom. The molecule has 0 saturated heterocycles. The Kier molecular flexibility index (Phi) is 6.34. The molecule has 6 heteroatoms. The zero-order valence-electron chi connectivity index (χ0n) is 16.2. The summed E-state index contributed by atoms with van der Waals surface area (Å²) < 4.78 is 21.6. The van der Waals surface area contributed by atoms with Crippen molar-refractivity contribution >= 4 is 10.9 Å². The molecule has 3 aromatic rings. The molecule has 0 bridgehead atoms. The second-order valence-electron chi connectivity index (χ2n) is 7.35. The highest BCUT2D eigenvalue weighted by Gasteiger charge is 2.20. The van der Waals surface area contributed by atoms with E-state index in [1.54, 1.807) is 13.0 Å². The van der Waals surface area contributed by atoms with Crippen LogP contribution in [-0.4, -0.2) is 40.1 Å². The lowest BCUT2D eigenvalue weighted by atomic mass is 10.1. The summed E-state index contributed by atoms with van der Waals surface area (Å²) in [5.41, 5.74) is 1.12. The molecule has 150 valence electrons. The van der Waals surface area contributed by atoms with E-state index in [-0.39, 0.29) is 25.1 Å². The zero-order chi connectivity index (χ0) is 20.1. The molecule has 0 aliphatic carbocycles. The Labute approximate surface area is 164 Å². The van der Waals surface area contributed by atoms with Crippen molar-refractivity contribution in [2.75, 3.05) is 19.8 Å². The van der Waals surface area contributed by atoms with Crippen LogP contribution in [0, 0.1) is 5.82 Å². The third-order valence-corrected chi connectivity index (χ3v) is 4.98. The molecule has 0 aliphatic rings. The van der Waals surface area contributed by atoms with Crippen molar-refractivity contribution in [3.05, 3.63) is 66.1 Å². The van der Waals surface area contributed by atoms with E-state index in [0.717, 1.165) is 16.5 Å². The molecule has 0 spiro atoms. The Morgan fingerprint density at radius 1 is 1.14 bits per heavy atom. The summed E-state index contributed by atoms with van der Waals surface area (Å²) in [4.78, 5) is 0. The van der Waals surface area contributed by atoms with Gasteiger partial charge in [0.05, 0.1) is 24.3 Å². The molecule has 0 amide bonds. The number of aliphatic hydroxyl groups is 2. The number of rotatable bonds is 9. The number of halogens is 1. The smallest absolute Gasteiger partial charge is 0.123 e. The average molecular weight is 386 g/mol. The van der Waals surface area contributed by atoms with E-state index in [9.17, 15) is 14.6 Å². The first kappa shape index (κ1) is 20.3. The minimum absolute atomic E-state index is 0.133. The van der Waals surface area contributed by atoms with Crippen LogP contribution in [0.15, 0.2) is 54.7 Å². The largest absolute Gasteiger partial charge is 0.486 e. The van der Waals surface area contributed by atoms with Crippen molar-refractivity contribution in [1.82, 2.24) is 9.88 Å². The third-order valence-electron chi connectivity index (χ3n) is 4.98. The first-order valence-electron chi connectivity index (χ1n) is 9.42. The van der Waals surface area contributed by atoms with E-state index in [0.29, 0.717) is 18.8 Å². The van der Waals surface area contributed by atoms with Gasteiger partial charge in [0.2, 0.25) is 0 Å². The van der Waals surface area contributed by atoms with Crippen LogP contribution in [0.3, 0.4) is 0 Å².